The highest BCUT2D eigenvalue weighted by atomic mass is 32.2. The molecule has 1 aliphatic heterocycles. The fraction of sp³-hybridized carbons (Fsp3) is 0.308. The second kappa shape index (κ2) is 17.0. The Labute approximate surface area is 301 Å². The molecule has 1 fully saturated rings. The summed E-state index contributed by atoms with van der Waals surface area (Å²) in [5, 5.41) is 19.3. The third kappa shape index (κ3) is 9.21. The number of ether oxygens (including phenoxy) is 3. The summed E-state index contributed by atoms with van der Waals surface area (Å²) in [5.74, 6) is -1.23. The van der Waals surface area contributed by atoms with Crippen molar-refractivity contribution >= 4 is 52.1 Å². The Bertz CT molecular complexity index is 1850. The van der Waals surface area contributed by atoms with Gasteiger partial charge in [0.05, 0.1) is 19.3 Å². The predicted octanol–water partition coefficient (Wildman–Crippen LogP) is 6.66. The topological polar surface area (TPSA) is 123 Å². The van der Waals surface area contributed by atoms with Crippen LogP contribution < -0.4 is 15.4 Å². The first-order valence-corrected chi connectivity index (χ1v) is 18.4. The predicted molar refractivity (Wildman–Crippen MR) is 197 cm³/mol. The molecule has 0 bridgehead atoms. The maximum absolute atomic E-state index is 14.2. The van der Waals surface area contributed by atoms with Gasteiger partial charge in [-0.25, -0.2) is 9.59 Å². The lowest BCUT2D eigenvalue weighted by Crippen LogP contribution is -2.54. The van der Waals surface area contributed by atoms with Gasteiger partial charge in [-0.15, -0.1) is 23.5 Å². The van der Waals surface area contributed by atoms with Crippen molar-refractivity contribution in [3.05, 3.63) is 114 Å². The number of carbonyl (C=O) groups excluding carboxylic acids is 3. The molecule has 1 heterocycles. The van der Waals surface area contributed by atoms with Gasteiger partial charge in [-0.2, -0.15) is 0 Å². The number of rotatable bonds is 14. The molecule has 11 heteroatoms. The molecule has 0 spiro atoms. The van der Waals surface area contributed by atoms with E-state index in [4.69, 9.17) is 14.2 Å². The summed E-state index contributed by atoms with van der Waals surface area (Å²) in [6.45, 7) is 5.13. The molecule has 9 nitrogen and oxygen atoms in total. The van der Waals surface area contributed by atoms with Crippen LogP contribution in [0.4, 0.5) is 0 Å². The van der Waals surface area contributed by atoms with E-state index in [9.17, 15) is 19.5 Å². The van der Waals surface area contributed by atoms with Gasteiger partial charge in [-0.3, -0.25) is 4.79 Å². The lowest BCUT2D eigenvalue weighted by molar-refractivity contribution is -0.145. The third-order valence-electron chi connectivity index (χ3n) is 8.29. The van der Waals surface area contributed by atoms with Crippen LogP contribution in [0.5, 0.6) is 5.75 Å². The second-order valence-corrected chi connectivity index (χ2v) is 14.3. The fourth-order valence-electron chi connectivity index (χ4n) is 5.64. The maximum atomic E-state index is 14.2. The number of hydrogen-bond acceptors (Lipinski definition) is 10. The van der Waals surface area contributed by atoms with Gasteiger partial charge in [0, 0.05) is 33.0 Å². The van der Waals surface area contributed by atoms with Crippen molar-refractivity contribution in [2.45, 2.75) is 61.2 Å². The largest absolute Gasteiger partial charge is 0.497 e. The van der Waals surface area contributed by atoms with E-state index in [1.165, 1.54) is 25.8 Å². The van der Waals surface area contributed by atoms with Crippen molar-refractivity contribution in [3.63, 3.8) is 0 Å². The van der Waals surface area contributed by atoms with E-state index in [1.54, 1.807) is 30.8 Å². The maximum Gasteiger partial charge on any atom is 0.356 e. The van der Waals surface area contributed by atoms with Crippen molar-refractivity contribution in [2.75, 3.05) is 25.2 Å². The molecule has 0 aliphatic carbocycles. The molecular weight excluding hydrogens is 673 g/mol. The number of benzene rings is 4. The highest BCUT2D eigenvalue weighted by Gasteiger charge is 2.43. The van der Waals surface area contributed by atoms with Gasteiger partial charge in [0.2, 0.25) is 6.10 Å². The normalized spacial score (nSPS) is 16.9. The number of esters is 2. The fourth-order valence-corrected chi connectivity index (χ4v) is 7.59. The van der Waals surface area contributed by atoms with E-state index in [0.29, 0.717) is 23.3 Å². The zero-order valence-corrected chi connectivity index (χ0v) is 30.2. The molecule has 1 aliphatic rings. The van der Waals surface area contributed by atoms with Crippen molar-refractivity contribution in [2.24, 2.45) is 0 Å². The molecule has 1 saturated heterocycles. The van der Waals surface area contributed by atoms with Gasteiger partial charge in [0.15, 0.2) is 0 Å². The molecule has 5 rings (SSSR count). The van der Waals surface area contributed by atoms with Gasteiger partial charge in [0.1, 0.15) is 17.0 Å². The summed E-state index contributed by atoms with van der Waals surface area (Å²) in [7, 11) is 1.50. The molecule has 4 aromatic rings. The number of methoxy groups -OCH3 is 1. The number of nitrogens with one attached hydrogen (secondary N) is 2. The highest BCUT2D eigenvalue weighted by molar-refractivity contribution is 7.99. The number of allylic oxidation sites excluding steroid dienone is 1. The van der Waals surface area contributed by atoms with Crippen LogP contribution in [-0.4, -0.2) is 65.9 Å². The molecule has 0 aromatic heterocycles. The first-order valence-electron chi connectivity index (χ1n) is 16.4. The van der Waals surface area contributed by atoms with E-state index in [1.807, 2.05) is 85.8 Å². The molecule has 50 heavy (non-hydrogen) atoms. The quantitative estimate of drug-likeness (QED) is 0.0743. The molecule has 0 saturated carbocycles. The Kier molecular flexibility index (Phi) is 12.5. The summed E-state index contributed by atoms with van der Waals surface area (Å²) >= 11 is 3.00. The van der Waals surface area contributed by atoms with Crippen LogP contribution >= 0.6 is 23.5 Å². The minimum Gasteiger partial charge on any atom is -0.497 e. The smallest absolute Gasteiger partial charge is 0.356 e. The minimum atomic E-state index is -1.87. The van der Waals surface area contributed by atoms with Crippen LogP contribution in [0.15, 0.2) is 112 Å². The van der Waals surface area contributed by atoms with Gasteiger partial charge in [-0.1, -0.05) is 54.6 Å². The minimum absolute atomic E-state index is 0.00267. The van der Waals surface area contributed by atoms with E-state index in [0.717, 1.165) is 32.9 Å². The average Bonchev–Trinajstić information content (AvgIpc) is 3.60. The van der Waals surface area contributed by atoms with Gasteiger partial charge >= 0.3 is 11.9 Å². The molecular formula is C39H42N2O7S2. The SMILES string of the molecule is CCOC(=O)/C(NC(=O)[C@@H](OC(=O)c1cc(OC)cc2c(C)cccc12)[C@@](C)(O)CSc1ccccc1)=C1/CC[C@H](CSc2ccccc2)N1. The molecule has 0 radical (unpaired) electrons. The van der Waals surface area contributed by atoms with Crippen molar-refractivity contribution < 1.29 is 33.7 Å². The van der Waals surface area contributed by atoms with Crippen LogP contribution in [0.3, 0.4) is 0 Å². The van der Waals surface area contributed by atoms with Gasteiger partial charge < -0.3 is 30.0 Å². The van der Waals surface area contributed by atoms with Crippen molar-refractivity contribution in [1.82, 2.24) is 10.6 Å². The summed E-state index contributed by atoms with van der Waals surface area (Å²) in [6, 6.07) is 28.4. The number of thioether (sulfide) groups is 2. The monoisotopic (exact) mass is 714 g/mol. The Morgan fingerprint density at radius 2 is 1.64 bits per heavy atom. The molecule has 262 valence electrons. The van der Waals surface area contributed by atoms with Gasteiger partial charge in [0.25, 0.3) is 5.91 Å². The summed E-state index contributed by atoms with van der Waals surface area (Å²) in [4.78, 5) is 43.5. The van der Waals surface area contributed by atoms with Crippen LogP contribution in [0.2, 0.25) is 0 Å². The number of amides is 1. The zero-order valence-electron chi connectivity index (χ0n) is 28.6. The number of aryl methyl sites for hydroxylation is 1. The number of carbonyl (C=O) groups is 3. The molecule has 0 unspecified atom stereocenters. The van der Waals surface area contributed by atoms with E-state index >= 15 is 0 Å². The lowest BCUT2D eigenvalue weighted by Gasteiger charge is -2.31. The molecule has 3 atom stereocenters. The van der Waals surface area contributed by atoms with Crippen molar-refractivity contribution in [3.8, 4) is 5.75 Å². The summed E-state index contributed by atoms with van der Waals surface area (Å²) in [5.41, 5.74) is -0.321. The Hall–Kier alpha value is -4.45. The van der Waals surface area contributed by atoms with Crippen LogP contribution in [0.25, 0.3) is 10.8 Å². The van der Waals surface area contributed by atoms with E-state index in [2.05, 4.69) is 10.6 Å². The van der Waals surface area contributed by atoms with Crippen LogP contribution in [0, 0.1) is 6.92 Å². The second-order valence-electron chi connectivity index (χ2n) is 12.2. The summed E-state index contributed by atoms with van der Waals surface area (Å²) < 4.78 is 16.8. The Morgan fingerprint density at radius 3 is 2.30 bits per heavy atom. The van der Waals surface area contributed by atoms with Gasteiger partial charge in [-0.05, 0) is 86.3 Å². The highest BCUT2D eigenvalue weighted by Crippen LogP contribution is 2.32. The van der Waals surface area contributed by atoms with E-state index < -0.39 is 29.6 Å². The average molecular weight is 715 g/mol. The zero-order chi connectivity index (χ0) is 35.7. The Balaban J connectivity index is 1.44. The number of hydrogen-bond donors (Lipinski definition) is 3. The van der Waals surface area contributed by atoms with E-state index in [-0.39, 0.29) is 29.7 Å². The van der Waals surface area contributed by atoms with Crippen molar-refractivity contribution in [1.29, 1.82) is 0 Å². The number of fused-ring (bicyclic) bond motifs is 1. The Morgan fingerprint density at radius 1 is 0.960 bits per heavy atom. The standard InChI is InChI=1S/C39H42N2O7S2/c1-5-47-38(44)34(33-20-19-26(40-33)23-49-28-14-8-6-9-15-28)41-36(42)35(39(3,45)24-50-29-16-10-7-11-17-29)48-37(43)32-22-27(46-4)21-31-25(2)13-12-18-30(31)32/h6-18,21-22,26,35,40,45H,5,19-20,23-24H2,1-4H3,(H,41,42)/b34-33+/t26-,35-,39+/m1/s1. The van der Waals surface area contributed by atoms with Crippen LogP contribution in [0.1, 0.15) is 42.6 Å². The summed E-state index contributed by atoms with van der Waals surface area (Å²) in [6.07, 6.45) is -0.484. The molecule has 4 aromatic carbocycles. The first kappa shape index (κ1) is 36.8. The van der Waals surface area contributed by atoms with Crippen LogP contribution in [-0.2, 0) is 19.1 Å². The number of aliphatic hydroxyl groups is 1. The molecule has 3 N–H and O–H groups in total. The third-order valence-corrected chi connectivity index (χ3v) is 10.8. The first-order chi connectivity index (χ1) is 24.1. The molecule has 1 amide bonds. The lowest BCUT2D eigenvalue weighted by atomic mass is 9.98.